The van der Waals surface area contributed by atoms with E-state index in [0.717, 1.165) is 22.5 Å². The van der Waals surface area contributed by atoms with Crippen molar-refractivity contribution in [1.82, 2.24) is 4.90 Å². The first kappa shape index (κ1) is 17.9. The van der Waals surface area contributed by atoms with Gasteiger partial charge in [-0.05, 0) is 48.1 Å². The van der Waals surface area contributed by atoms with Crippen LogP contribution in [0.2, 0.25) is 5.02 Å². The lowest BCUT2D eigenvalue weighted by Crippen LogP contribution is -2.34. The minimum atomic E-state index is 0.229. The summed E-state index contributed by atoms with van der Waals surface area (Å²) in [5.74, 6) is 1.70. The van der Waals surface area contributed by atoms with Gasteiger partial charge in [-0.3, -0.25) is 0 Å². The maximum Gasteiger partial charge on any atom is 0.174 e. The van der Waals surface area contributed by atoms with E-state index >= 15 is 0 Å². The fourth-order valence-electron chi connectivity index (χ4n) is 2.52. The Kier molecular flexibility index (Phi) is 5.92. The van der Waals surface area contributed by atoms with Crippen molar-refractivity contribution in [2.75, 3.05) is 24.7 Å². The predicted octanol–water partition coefficient (Wildman–Crippen LogP) is 5.56. The molecule has 1 atom stereocenters. The number of thioether (sulfide) groups is 1. The average Bonchev–Trinajstić information content (AvgIpc) is 3.05. The van der Waals surface area contributed by atoms with E-state index in [1.54, 1.807) is 7.11 Å². The van der Waals surface area contributed by atoms with Crippen molar-refractivity contribution in [2.24, 2.45) is 0 Å². The molecular formula is C17H16BrClN2OS2. The number of ether oxygens (including phenoxy) is 1. The van der Waals surface area contributed by atoms with Gasteiger partial charge in [-0.15, -0.1) is 11.8 Å². The van der Waals surface area contributed by atoms with E-state index in [2.05, 4.69) is 50.4 Å². The lowest BCUT2D eigenvalue weighted by molar-refractivity contribution is 0.415. The first-order valence-corrected chi connectivity index (χ1v) is 9.99. The fourth-order valence-corrected chi connectivity index (χ4v) is 4.69. The largest absolute Gasteiger partial charge is 0.495 e. The molecule has 0 aromatic heterocycles. The van der Waals surface area contributed by atoms with Crippen LogP contribution >= 0.6 is 51.5 Å². The molecule has 1 saturated heterocycles. The van der Waals surface area contributed by atoms with Crippen LogP contribution in [0, 0.1) is 0 Å². The van der Waals surface area contributed by atoms with E-state index in [-0.39, 0.29) is 5.37 Å². The molecular weight excluding hydrogens is 428 g/mol. The minimum Gasteiger partial charge on any atom is -0.495 e. The molecule has 3 nitrogen and oxygen atoms in total. The van der Waals surface area contributed by atoms with E-state index in [1.165, 1.54) is 5.56 Å². The van der Waals surface area contributed by atoms with Gasteiger partial charge in [-0.2, -0.15) is 0 Å². The standard InChI is InChI=1S/C17H16BrClN2OS2/c1-22-15-7-6-13(10-14(15)19)20-17(23)21-8-9-24-16(21)11-2-4-12(18)5-3-11/h2-7,10,16H,8-9H2,1H3,(H,20,23). The second-order valence-electron chi connectivity index (χ2n) is 5.25. The van der Waals surface area contributed by atoms with Gasteiger partial charge in [-0.25, -0.2) is 0 Å². The summed E-state index contributed by atoms with van der Waals surface area (Å²) in [6.07, 6.45) is 0. The lowest BCUT2D eigenvalue weighted by Gasteiger charge is -2.27. The SMILES string of the molecule is COc1ccc(NC(=S)N2CCSC2c2ccc(Br)cc2)cc1Cl. The van der Waals surface area contributed by atoms with E-state index in [1.807, 2.05) is 30.0 Å². The van der Waals surface area contributed by atoms with Gasteiger partial charge in [0.25, 0.3) is 0 Å². The number of thiocarbonyl (C=S) groups is 1. The maximum absolute atomic E-state index is 6.18. The second-order valence-corrected chi connectivity index (χ2v) is 8.15. The summed E-state index contributed by atoms with van der Waals surface area (Å²) < 4.78 is 6.26. The van der Waals surface area contributed by atoms with Crippen LogP contribution in [0.15, 0.2) is 46.9 Å². The highest BCUT2D eigenvalue weighted by molar-refractivity contribution is 9.10. The molecule has 2 aromatic rings. The molecule has 1 fully saturated rings. The molecule has 0 spiro atoms. The summed E-state index contributed by atoms with van der Waals surface area (Å²) >= 11 is 17.2. The van der Waals surface area contributed by atoms with E-state index in [0.29, 0.717) is 15.9 Å². The van der Waals surface area contributed by atoms with Crippen molar-refractivity contribution < 1.29 is 4.74 Å². The molecule has 24 heavy (non-hydrogen) atoms. The highest BCUT2D eigenvalue weighted by Gasteiger charge is 2.28. The second kappa shape index (κ2) is 7.95. The average molecular weight is 444 g/mol. The number of hydrogen-bond donors (Lipinski definition) is 1. The number of anilines is 1. The molecule has 0 bridgehead atoms. The Bertz CT molecular complexity index is 742. The smallest absolute Gasteiger partial charge is 0.174 e. The Morgan fingerprint density at radius 3 is 2.75 bits per heavy atom. The van der Waals surface area contributed by atoms with Gasteiger partial charge in [0, 0.05) is 22.5 Å². The summed E-state index contributed by atoms with van der Waals surface area (Å²) in [7, 11) is 1.60. The van der Waals surface area contributed by atoms with Gasteiger partial charge in [0.1, 0.15) is 11.1 Å². The van der Waals surface area contributed by atoms with Crippen molar-refractivity contribution in [1.29, 1.82) is 0 Å². The molecule has 1 aliphatic rings. The zero-order valence-electron chi connectivity index (χ0n) is 13.0. The van der Waals surface area contributed by atoms with E-state index < -0.39 is 0 Å². The first-order chi connectivity index (χ1) is 11.6. The summed E-state index contributed by atoms with van der Waals surface area (Å²) in [6.45, 7) is 0.918. The molecule has 1 aliphatic heterocycles. The summed E-state index contributed by atoms with van der Waals surface area (Å²) in [5, 5.41) is 4.77. The molecule has 2 aromatic carbocycles. The van der Waals surface area contributed by atoms with Crippen LogP contribution in [0.3, 0.4) is 0 Å². The fraction of sp³-hybridized carbons (Fsp3) is 0.235. The number of nitrogens with zero attached hydrogens (tertiary/aromatic N) is 1. The highest BCUT2D eigenvalue weighted by atomic mass is 79.9. The quantitative estimate of drug-likeness (QED) is 0.626. The Balaban J connectivity index is 1.74. The molecule has 3 rings (SSSR count). The van der Waals surface area contributed by atoms with Crippen molar-refractivity contribution in [3.05, 3.63) is 57.5 Å². The number of halogens is 2. The zero-order valence-corrected chi connectivity index (χ0v) is 16.9. The summed E-state index contributed by atoms with van der Waals surface area (Å²) in [5.41, 5.74) is 2.11. The molecule has 1 heterocycles. The minimum absolute atomic E-state index is 0.229. The predicted molar refractivity (Wildman–Crippen MR) is 110 cm³/mol. The zero-order chi connectivity index (χ0) is 17.1. The van der Waals surface area contributed by atoms with Gasteiger partial charge in [0.05, 0.1) is 12.1 Å². The van der Waals surface area contributed by atoms with Crippen LogP contribution in [0.4, 0.5) is 5.69 Å². The number of rotatable bonds is 3. The van der Waals surface area contributed by atoms with Crippen molar-refractivity contribution in [3.63, 3.8) is 0 Å². The normalized spacial score (nSPS) is 17.0. The first-order valence-electron chi connectivity index (χ1n) is 7.36. The van der Waals surface area contributed by atoms with Crippen molar-refractivity contribution >= 4 is 62.3 Å². The molecule has 0 saturated carbocycles. The molecule has 1 N–H and O–H groups in total. The highest BCUT2D eigenvalue weighted by Crippen LogP contribution is 2.38. The Morgan fingerprint density at radius 2 is 2.08 bits per heavy atom. The number of nitrogens with one attached hydrogen (secondary N) is 1. The molecule has 7 heteroatoms. The molecule has 0 radical (unpaired) electrons. The summed E-state index contributed by atoms with van der Waals surface area (Å²) in [6, 6.07) is 14.0. The van der Waals surface area contributed by atoms with Gasteiger partial charge < -0.3 is 15.0 Å². The van der Waals surface area contributed by atoms with Crippen LogP contribution in [0.25, 0.3) is 0 Å². The number of methoxy groups -OCH3 is 1. The van der Waals surface area contributed by atoms with Crippen LogP contribution in [-0.2, 0) is 0 Å². The Labute approximate surface area is 164 Å². The number of hydrogen-bond acceptors (Lipinski definition) is 3. The van der Waals surface area contributed by atoms with Crippen LogP contribution in [-0.4, -0.2) is 29.4 Å². The Morgan fingerprint density at radius 1 is 1.33 bits per heavy atom. The lowest BCUT2D eigenvalue weighted by atomic mass is 10.2. The van der Waals surface area contributed by atoms with Gasteiger partial charge >= 0.3 is 0 Å². The summed E-state index contributed by atoms with van der Waals surface area (Å²) in [4.78, 5) is 2.21. The van der Waals surface area contributed by atoms with Gasteiger partial charge in [0.15, 0.2) is 5.11 Å². The van der Waals surface area contributed by atoms with Gasteiger partial charge in [-0.1, -0.05) is 39.7 Å². The van der Waals surface area contributed by atoms with Crippen molar-refractivity contribution in [2.45, 2.75) is 5.37 Å². The third kappa shape index (κ3) is 3.99. The van der Waals surface area contributed by atoms with E-state index in [4.69, 9.17) is 28.6 Å². The maximum atomic E-state index is 6.18. The van der Waals surface area contributed by atoms with Crippen LogP contribution < -0.4 is 10.1 Å². The Hall–Kier alpha value is -0.950. The molecule has 0 aliphatic carbocycles. The van der Waals surface area contributed by atoms with Crippen LogP contribution in [0.1, 0.15) is 10.9 Å². The third-order valence-corrected chi connectivity index (χ3v) is 6.13. The van der Waals surface area contributed by atoms with Crippen molar-refractivity contribution in [3.8, 4) is 5.75 Å². The molecule has 1 unspecified atom stereocenters. The monoisotopic (exact) mass is 442 g/mol. The number of benzene rings is 2. The molecule has 126 valence electrons. The molecule has 0 amide bonds. The topological polar surface area (TPSA) is 24.5 Å². The van der Waals surface area contributed by atoms with E-state index in [9.17, 15) is 0 Å². The van der Waals surface area contributed by atoms with Crippen LogP contribution in [0.5, 0.6) is 5.75 Å². The van der Waals surface area contributed by atoms with Gasteiger partial charge in [0.2, 0.25) is 0 Å². The third-order valence-electron chi connectivity index (χ3n) is 3.71.